The lowest BCUT2D eigenvalue weighted by Gasteiger charge is -1.97. The van der Waals surface area contributed by atoms with Crippen LogP contribution in [-0.2, 0) is 14.6 Å². The minimum Gasteiger partial charge on any atom is -0.289 e. The molecule has 0 radical (unpaired) electrons. The first kappa shape index (κ1) is 13.0. The second-order valence-electron chi connectivity index (χ2n) is 3.47. The summed E-state index contributed by atoms with van der Waals surface area (Å²) in [5.41, 5.74) is 0.718. The normalized spacial score (nSPS) is 10.7. The molecule has 0 N–H and O–H groups in total. The molecule has 18 heavy (non-hydrogen) atoms. The molecule has 2 rings (SSSR count). The van der Waals surface area contributed by atoms with E-state index in [9.17, 15) is 13.2 Å². The van der Waals surface area contributed by atoms with Crippen molar-refractivity contribution in [1.29, 1.82) is 0 Å². The van der Waals surface area contributed by atoms with Crippen molar-refractivity contribution in [3.63, 3.8) is 0 Å². The van der Waals surface area contributed by atoms with Crippen molar-refractivity contribution in [2.24, 2.45) is 0 Å². The lowest BCUT2D eigenvalue weighted by atomic mass is 10.3. The predicted octanol–water partition coefficient (Wildman–Crippen LogP) is 2.43. The summed E-state index contributed by atoms with van der Waals surface area (Å²) >= 11 is 2.80. The van der Waals surface area contributed by atoms with E-state index in [0.717, 1.165) is 15.3 Å². The van der Waals surface area contributed by atoms with Crippen LogP contribution in [0, 0.1) is 11.8 Å². The van der Waals surface area contributed by atoms with Crippen molar-refractivity contribution >= 4 is 38.8 Å². The van der Waals surface area contributed by atoms with Gasteiger partial charge in [-0.25, -0.2) is 8.42 Å². The molecule has 6 heteroatoms. The average molecular weight is 296 g/mol. The SMILES string of the molecule is CS(=O)(=O)c1ccsc1-c1cc(C#CC=O)cs1. The van der Waals surface area contributed by atoms with Gasteiger partial charge in [-0.1, -0.05) is 5.92 Å². The number of carbonyl (C=O) groups excluding carboxylic acids is 1. The van der Waals surface area contributed by atoms with Crippen molar-refractivity contribution in [3.05, 3.63) is 28.5 Å². The smallest absolute Gasteiger partial charge is 0.193 e. The Morgan fingerprint density at radius 3 is 2.78 bits per heavy atom. The van der Waals surface area contributed by atoms with Crippen LogP contribution in [0.5, 0.6) is 0 Å². The lowest BCUT2D eigenvalue weighted by molar-refractivity contribution is -0.103. The van der Waals surface area contributed by atoms with Crippen LogP contribution in [0.15, 0.2) is 27.8 Å². The molecule has 0 aliphatic carbocycles. The molecule has 0 aliphatic heterocycles. The van der Waals surface area contributed by atoms with Crippen molar-refractivity contribution < 1.29 is 13.2 Å². The Labute approximate surface area is 113 Å². The molecule has 0 unspecified atom stereocenters. The maximum absolute atomic E-state index is 11.6. The number of aldehydes is 1. The van der Waals surface area contributed by atoms with Crippen LogP contribution in [0.1, 0.15) is 5.56 Å². The fourth-order valence-corrected chi connectivity index (χ4v) is 4.69. The van der Waals surface area contributed by atoms with Gasteiger partial charge in [0.15, 0.2) is 16.1 Å². The maximum Gasteiger partial charge on any atom is 0.193 e. The number of hydrogen-bond acceptors (Lipinski definition) is 5. The van der Waals surface area contributed by atoms with Gasteiger partial charge in [0, 0.05) is 22.1 Å². The minimum atomic E-state index is -3.22. The van der Waals surface area contributed by atoms with Gasteiger partial charge in [-0.2, -0.15) is 0 Å². The third-order valence-corrected chi connectivity index (χ3v) is 5.42. The monoisotopic (exact) mass is 296 g/mol. The zero-order valence-corrected chi connectivity index (χ0v) is 11.8. The molecule has 0 aromatic carbocycles. The number of hydrogen-bond donors (Lipinski definition) is 0. The molecule has 2 heterocycles. The van der Waals surface area contributed by atoms with Crippen molar-refractivity contribution in [3.8, 4) is 21.6 Å². The molecule has 0 spiro atoms. The van der Waals surface area contributed by atoms with Crippen LogP contribution < -0.4 is 0 Å². The van der Waals surface area contributed by atoms with Gasteiger partial charge in [0.25, 0.3) is 0 Å². The Kier molecular flexibility index (Phi) is 3.66. The molecular formula is C12H8O3S3. The highest BCUT2D eigenvalue weighted by molar-refractivity contribution is 7.91. The van der Waals surface area contributed by atoms with Gasteiger partial charge in [0.05, 0.1) is 9.77 Å². The number of carbonyl (C=O) groups is 1. The first-order chi connectivity index (χ1) is 8.52. The zero-order valence-electron chi connectivity index (χ0n) is 9.34. The van der Waals surface area contributed by atoms with Crippen LogP contribution in [0.2, 0.25) is 0 Å². The molecule has 0 amide bonds. The topological polar surface area (TPSA) is 51.2 Å². The second kappa shape index (κ2) is 5.06. The fraction of sp³-hybridized carbons (Fsp3) is 0.0833. The lowest BCUT2D eigenvalue weighted by Crippen LogP contribution is -1.95. The van der Waals surface area contributed by atoms with Crippen LogP contribution in [0.3, 0.4) is 0 Å². The van der Waals surface area contributed by atoms with Gasteiger partial charge in [0.2, 0.25) is 0 Å². The maximum atomic E-state index is 11.6. The summed E-state index contributed by atoms with van der Waals surface area (Å²) in [7, 11) is -3.22. The summed E-state index contributed by atoms with van der Waals surface area (Å²) < 4.78 is 23.2. The third-order valence-electron chi connectivity index (χ3n) is 2.13. The van der Waals surface area contributed by atoms with E-state index in [1.807, 2.05) is 0 Å². The third kappa shape index (κ3) is 2.70. The van der Waals surface area contributed by atoms with E-state index in [2.05, 4.69) is 11.8 Å². The summed E-state index contributed by atoms with van der Waals surface area (Å²) in [4.78, 5) is 12.1. The van der Waals surface area contributed by atoms with Gasteiger partial charge in [-0.15, -0.1) is 22.7 Å². The average Bonchev–Trinajstić information content (AvgIpc) is 2.93. The Bertz CT molecular complexity index is 739. The Morgan fingerprint density at radius 1 is 1.33 bits per heavy atom. The molecule has 2 aromatic heterocycles. The van der Waals surface area contributed by atoms with Gasteiger partial charge < -0.3 is 0 Å². The van der Waals surface area contributed by atoms with E-state index in [0.29, 0.717) is 11.2 Å². The molecule has 0 saturated heterocycles. The Hall–Kier alpha value is -1.42. The van der Waals surface area contributed by atoms with Crippen LogP contribution in [0.25, 0.3) is 9.75 Å². The molecule has 0 aliphatic rings. The molecule has 0 fully saturated rings. The molecule has 92 valence electrons. The summed E-state index contributed by atoms with van der Waals surface area (Å²) in [6.07, 6.45) is 1.73. The number of sulfone groups is 1. The highest BCUT2D eigenvalue weighted by Crippen LogP contribution is 2.36. The van der Waals surface area contributed by atoms with Gasteiger partial charge >= 0.3 is 0 Å². The summed E-state index contributed by atoms with van der Waals surface area (Å²) in [6.45, 7) is 0. The first-order valence-corrected chi connectivity index (χ1v) is 8.49. The van der Waals surface area contributed by atoms with E-state index in [1.165, 1.54) is 28.9 Å². The van der Waals surface area contributed by atoms with Gasteiger partial charge in [-0.05, 0) is 23.4 Å². The quantitative estimate of drug-likeness (QED) is 0.632. The number of thiophene rings is 2. The summed E-state index contributed by atoms with van der Waals surface area (Å²) in [5, 5.41) is 3.56. The van der Waals surface area contributed by atoms with E-state index in [4.69, 9.17) is 0 Å². The van der Waals surface area contributed by atoms with Crippen LogP contribution in [-0.4, -0.2) is 21.0 Å². The standard InChI is InChI=1S/C12H8O3S3/c1-18(14,15)11-4-6-16-12(11)10-7-9(8-17-10)3-2-5-13/h4-8H,1H3. The molecule has 0 saturated carbocycles. The fourth-order valence-electron chi connectivity index (χ4n) is 1.40. The zero-order chi connectivity index (χ0) is 13.2. The molecule has 0 atom stereocenters. The van der Waals surface area contributed by atoms with Crippen LogP contribution in [0.4, 0.5) is 0 Å². The van der Waals surface area contributed by atoms with E-state index < -0.39 is 9.84 Å². The number of rotatable bonds is 2. The van der Waals surface area contributed by atoms with Crippen molar-refractivity contribution in [2.75, 3.05) is 6.26 Å². The second-order valence-corrected chi connectivity index (χ2v) is 7.28. The van der Waals surface area contributed by atoms with E-state index >= 15 is 0 Å². The highest BCUT2D eigenvalue weighted by Gasteiger charge is 2.17. The van der Waals surface area contributed by atoms with E-state index in [1.54, 1.807) is 22.9 Å². The molecule has 0 bridgehead atoms. The summed E-state index contributed by atoms with van der Waals surface area (Å²) in [5.74, 6) is 5.01. The van der Waals surface area contributed by atoms with E-state index in [-0.39, 0.29) is 0 Å². The van der Waals surface area contributed by atoms with Gasteiger partial charge in [0.1, 0.15) is 0 Å². The highest BCUT2D eigenvalue weighted by atomic mass is 32.2. The van der Waals surface area contributed by atoms with Gasteiger partial charge in [-0.3, -0.25) is 4.79 Å². The van der Waals surface area contributed by atoms with Crippen LogP contribution >= 0.6 is 22.7 Å². The Balaban J connectivity index is 2.47. The first-order valence-electron chi connectivity index (χ1n) is 4.84. The molecular weight excluding hydrogens is 288 g/mol. The summed E-state index contributed by atoms with van der Waals surface area (Å²) in [6, 6.07) is 3.40. The van der Waals surface area contributed by atoms with Crippen molar-refractivity contribution in [2.45, 2.75) is 4.90 Å². The Morgan fingerprint density at radius 2 is 2.11 bits per heavy atom. The van der Waals surface area contributed by atoms with Crippen molar-refractivity contribution in [1.82, 2.24) is 0 Å². The molecule has 3 nitrogen and oxygen atoms in total. The largest absolute Gasteiger partial charge is 0.289 e. The predicted molar refractivity (Wildman–Crippen MR) is 73.7 cm³/mol. The molecule has 2 aromatic rings. The minimum absolute atomic E-state index is 0.337.